The van der Waals surface area contributed by atoms with Crippen molar-refractivity contribution in [1.82, 2.24) is 15.2 Å². The number of aryl methyl sites for hydroxylation is 1. The van der Waals surface area contributed by atoms with E-state index in [0.717, 1.165) is 31.0 Å². The van der Waals surface area contributed by atoms with Gasteiger partial charge in [-0.3, -0.25) is 0 Å². The van der Waals surface area contributed by atoms with Crippen LogP contribution in [0.1, 0.15) is 49.4 Å². The third-order valence-corrected chi connectivity index (χ3v) is 6.06. The Balaban J connectivity index is 1.55. The van der Waals surface area contributed by atoms with E-state index in [9.17, 15) is 4.79 Å². The number of ether oxygens (including phenoxy) is 1. The minimum atomic E-state index is 0.0324. The fraction of sp³-hybridized carbons (Fsp3) is 0.765. The van der Waals surface area contributed by atoms with Gasteiger partial charge in [-0.25, -0.2) is 9.78 Å². The first kappa shape index (κ1) is 16.7. The van der Waals surface area contributed by atoms with Crippen LogP contribution >= 0.6 is 11.3 Å². The van der Waals surface area contributed by atoms with Crippen molar-refractivity contribution in [3.8, 4) is 0 Å². The molecule has 3 atom stereocenters. The lowest BCUT2D eigenvalue weighted by molar-refractivity contribution is -0.0910. The molecule has 1 aromatic heterocycles. The van der Waals surface area contributed by atoms with Gasteiger partial charge in [0.2, 0.25) is 0 Å². The molecule has 0 aromatic carbocycles. The highest BCUT2D eigenvalue weighted by molar-refractivity contribution is 7.11. The largest absolute Gasteiger partial charge is 0.376 e. The molecule has 1 N–H and O–H groups in total. The fourth-order valence-corrected chi connectivity index (χ4v) is 4.55. The zero-order valence-electron chi connectivity index (χ0n) is 14.5. The predicted molar refractivity (Wildman–Crippen MR) is 91.9 cm³/mol. The second-order valence-corrected chi connectivity index (χ2v) is 8.78. The molecule has 2 fully saturated rings. The lowest BCUT2D eigenvalue weighted by Gasteiger charge is -2.56. The van der Waals surface area contributed by atoms with Crippen molar-refractivity contribution in [2.24, 2.45) is 5.41 Å². The van der Waals surface area contributed by atoms with Crippen molar-refractivity contribution in [2.75, 3.05) is 19.7 Å². The van der Waals surface area contributed by atoms with Crippen LogP contribution in [0.5, 0.6) is 0 Å². The normalized spacial score (nSPS) is 27.6. The number of urea groups is 1. The van der Waals surface area contributed by atoms with Gasteiger partial charge in [0.25, 0.3) is 0 Å². The molecule has 23 heavy (non-hydrogen) atoms. The van der Waals surface area contributed by atoms with Gasteiger partial charge >= 0.3 is 6.03 Å². The van der Waals surface area contributed by atoms with Crippen LogP contribution in [0.15, 0.2) is 6.20 Å². The number of rotatable bonds is 4. The summed E-state index contributed by atoms with van der Waals surface area (Å²) >= 11 is 1.70. The Kier molecular flexibility index (Phi) is 4.65. The highest BCUT2D eigenvalue weighted by atomic mass is 32.1. The third kappa shape index (κ3) is 3.38. The van der Waals surface area contributed by atoms with Crippen LogP contribution < -0.4 is 5.32 Å². The van der Waals surface area contributed by atoms with Crippen molar-refractivity contribution in [2.45, 2.75) is 58.6 Å². The molecule has 2 saturated heterocycles. The van der Waals surface area contributed by atoms with E-state index in [-0.39, 0.29) is 29.5 Å². The van der Waals surface area contributed by atoms with Gasteiger partial charge in [0.1, 0.15) is 0 Å². The van der Waals surface area contributed by atoms with Crippen molar-refractivity contribution in [1.29, 1.82) is 0 Å². The van der Waals surface area contributed by atoms with Gasteiger partial charge in [0.05, 0.1) is 17.2 Å². The number of nitrogens with one attached hydrogen (secondary N) is 1. The van der Waals surface area contributed by atoms with Crippen LogP contribution in [0.2, 0.25) is 0 Å². The number of carbonyl (C=O) groups is 1. The summed E-state index contributed by atoms with van der Waals surface area (Å²) in [5.41, 5.74) is 0.143. The van der Waals surface area contributed by atoms with Crippen LogP contribution in [0.4, 0.5) is 4.79 Å². The topological polar surface area (TPSA) is 54.5 Å². The van der Waals surface area contributed by atoms with Crippen molar-refractivity contribution in [3.63, 3.8) is 0 Å². The highest BCUT2D eigenvalue weighted by Gasteiger charge is 2.52. The second-order valence-electron chi connectivity index (χ2n) is 7.51. The predicted octanol–water partition coefficient (Wildman–Crippen LogP) is 3.15. The first-order valence-electron chi connectivity index (χ1n) is 8.47. The highest BCUT2D eigenvalue weighted by Crippen LogP contribution is 2.42. The Bertz CT molecular complexity index is 566. The van der Waals surface area contributed by atoms with E-state index in [1.54, 1.807) is 11.3 Å². The molecule has 0 bridgehead atoms. The van der Waals surface area contributed by atoms with Crippen molar-refractivity contribution >= 4 is 17.4 Å². The van der Waals surface area contributed by atoms with Crippen LogP contribution in [0.3, 0.4) is 0 Å². The average Bonchev–Trinajstić information content (AvgIpc) is 3.14. The van der Waals surface area contributed by atoms with E-state index in [1.165, 1.54) is 4.88 Å². The van der Waals surface area contributed by atoms with E-state index >= 15 is 0 Å². The molecule has 5 nitrogen and oxygen atoms in total. The maximum absolute atomic E-state index is 12.6. The van der Waals surface area contributed by atoms with Gasteiger partial charge in [-0.15, -0.1) is 11.3 Å². The number of hydrogen-bond donors (Lipinski definition) is 1. The van der Waals surface area contributed by atoms with E-state index in [2.05, 4.69) is 38.0 Å². The summed E-state index contributed by atoms with van der Waals surface area (Å²) < 4.78 is 5.84. The molecule has 6 heteroatoms. The standard InChI is InChI=1S/C17H27N3O2S/c1-11(15-18-9-12(2)23-15)8-19-16(21)20-10-17(3,4)14(20)13-6-5-7-22-13/h9,11,13-14H,5-8,10H2,1-4H3,(H,19,21). The number of carbonyl (C=O) groups excluding carboxylic acids is 1. The molecule has 0 aliphatic carbocycles. The molecule has 3 unspecified atom stereocenters. The fourth-order valence-electron chi connectivity index (χ4n) is 3.72. The summed E-state index contributed by atoms with van der Waals surface area (Å²) in [4.78, 5) is 20.1. The van der Waals surface area contributed by atoms with Gasteiger partial charge < -0.3 is 15.0 Å². The molecule has 2 amide bonds. The molecule has 1 aromatic rings. The van der Waals surface area contributed by atoms with Gasteiger partial charge in [-0.05, 0) is 19.8 Å². The molecular weight excluding hydrogens is 310 g/mol. The summed E-state index contributed by atoms with van der Waals surface area (Å²) in [5.74, 6) is 0.244. The van der Waals surface area contributed by atoms with Gasteiger partial charge in [0.15, 0.2) is 0 Å². The number of thiazole rings is 1. The molecule has 0 saturated carbocycles. The smallest absolute Gasteiger partial charge is 0.317 e. The molecule has 0 spiro atoms. The zero-order valence-corrected chi connectivity index (χ0v) is 15.3. The lowest BCUT2D eigenvalue weighted by Crippen LogP contribution is -2.69. The van der Waals surface area contributed by atoms with Gasteiger partial charge in [0, 0.05) is 42.1 Å². The Morgan fingerprint density at radius 3 is 2.96 bits per heavy atom. The summed E-state index contributed by atoms with van der Waals surface area (Å²) in [7, 11) is 0. The maximum Gasteiger partial charge on any atom is 0.317 e. The Morgan fingerprint density at radius 1 is 1.61 bits per heavy atom. The monoisotopic (exact) mass is 337 g/mol. The Hall–Kier alpha value is -1.14. The molecule has 0 radical (unpaired) electrons. The summed E-state index contributed by atoms with van der Waals surface area (Å²) in [5, 5.41) is 4.17. The van der Waals surface area contributed by atoms with Crippen molar-refractivity contribution in [3.05, 3.63) is 16.1 Å². The van der Waals surface area contributed by atoms with E-state index < -0.39 is 0 Å². The van der Waals surface area contributed by atoms with Crippen LogP contribution in [-0.2, 0) is 4.74 Å². The van der Waals surface area contributed by atoms with Crippen LogP contribution in [-0.4, -0.2) is 47.8 Å². The first-order valence-corrected chi connectivity index (χ1v) is 9.28. The van der Waals surface area contributed by atoms with E-state index in [4.69, 9.17) is 4.74 Å². The maximum atomic E-state index is 12.6. The number of hydrogen-bond acceptors (Lipinski definition) is 4. The minimum Gasteiger partial charge on any atom is -0.376 e. The summed E-state index contributed by atoms with van der Waals surface area (Å²) in [6, 6.07) is 0.229. The molecule has 3 rings (SSSR count). The molecular formula is C17H27N3O2S. The Morgan fingerprint density at radius 2 is 2.39 bits per heavy atom. The first-order chi connectivity index (χ1) is 10.9. The summed E-state index contributed by atoms with van der Waals surface area (Å²) in [6.07, 6.45) is 4.26. The van der Waals surface area contributed by atoms with Crippen molar-refractivity contribution < 1.29 is 9.53 Å². The van der Waals surface area contributed by atoms with Gasteiger partial charge in [-0.1, -0.05) is 20.8 Å². The Labute approximate surface area is 142 Å². The molecule has 2 aliphatic rings. The zero-order chi connectivity index (χ0) is 16.6. The molecule has 128 valence electrons. The number of likely N-dealkylation sites (tertiary alicyclic amines) is 1. The third-order valence-electron chi connectivity index (χ3n) is 4.91. The molecule has 3 heterocycles. The lowest BCUT2D eigenvalue weighted by atomic mass is 9.72. The number of aromatic nitrogens is 1. The minimum absolute atomic E-state index is 0.0324. The summed E-state index contributed by atoms with van der Waals surface area (Å²) in [6.45, 7) is 10.9. The van der Waals surface area contributed by atoms with Crippen LogP contribution in [0, 0.1) is 12.3 Å². The van der Waals surface area contributed by atoms with E-state index in [1.807, 2.05) is 11.1 Å². The SMILES string of the molecule is Cc1cnc(C(C)CNC(=O)N2CC(C)(C)C2C2CCCO2)s1. The average molecular weight is 337 g/mol. The van der Waals surface area contributed by atoms with Gasteiger partial charge in [-0.2, -0.15) is 0 Å². The van der Waals surface area contributed by atoms with Crippen LogP contribution in [0.25, 0.3) is 0 Å². The number of nitrogens with zero attached hydrogens (tertiary/aromatic N) is 2. The number of amides is 2. The van der Waals surface area contributed by atoms with E-state index in [0.29, 0.717) is 6.54 Å². The quantitative estimate of drug-likeness (QED) is 0.918. The second kappa shape index (κ2) is 6.40. The molecule has 2 aliphatic heterocycles.